The molecule has 1 aliphatic heterocycles. The number of rotatable bonds is 7. The van der Waals surface area contributed by atoms with Gasteiger partial charge in [0.25, 0.3) is 5.69 Å². The number of fused-ring (bicyclic) bond motifs is 1. The van der Waals surface area contributed by atoms with Crippen molar-refractivity contribution in [2.45, 2.75) is 18.5 Å². The molecular weight excluding hydrogens is 396 g/mol. The lowest BCUT2D eigenvalue weighted by Crippen LogP contribution is -2.48. The SMILES string of the molecule is COc1ccc(CN2c3ccccc3C(=O)C2(CC=O)c2ccccc2[N+](=O)[O-])cc1. The summed E-state index contributed by atoms with van der Waals surface area (Å²) in [7, 11) is 1.58. The average Bonchev–Trinajstić information content (AvgIpc) is 3.03. The second kappa shape index (κ2) is 8.02. The quantitative estimate of drug-likeness (QED) is 0.324. The number of para-hydroxylation sites is 2. The number of hydrogen-bond acceptors (Lipinski definition) is 6. The lowest BCUT2D eigenvalue weighted by molar-refractivity contribution is -0.385. The first-order valence-corrected chi connectivity index (χ1v) is 9.75. The molecule has 156 valence electrons. The lowest BCUT2D eigenvalue weighted by atomic mass is 9.81. The number of ketones is 1. The van der Waals surface area contributed by atoms with Crippen molar-refractivity contribution in [1.29, 1.82) is 0 Å². The van der Waals surface area contributed by atoms with Crippen molar-refractivity contribution in [3.63, 3.8) is 0 Å². The molecule has 0 spiro atoms. The first-order valence-electron chi connectivity index (χ1n) is 9.75. The van der Waals surface area contributed by atoms with Crippen LogP contribution in [0.3, 0.4) is 0 Å². The van der Waals surface area contributed by atoms with Gasteiger partial charge in [0, 0.05) is 30.3 Å². The molecule has 1 unspecified atom stereocenters. The predicted molar refractivity (Wildman–Crippen MR) is 115 cm³/mol. The summed E-state index contributed by atoms with van der Waals surface area (Å²) in [6.45, 7) is 0.284. The molecular formula is C24H20N2O5. The maximum atomic E-state index is 13.7. The van der Waals surface area contributed by atoms with Gasteiger partial charge in [0.05, 0.1) is 17.6 Å². The second-order valence-corrected chi connectivity index (χ2v) is 7.29. The van der Waals surface area contributed by atoms with Crippen LogP contribution in [0, 0.1) is 10.1 Å². The van der Waals surface area contributed by atoms with E-state index < -0.39 is 10.5 Å². The lowest BCUT2D eigenvalue weighted by Gasteiger charge is -2.38. The summed E-state index contributed by atoms with van der Waals surface area (Å²) in [4.78, 5) is 38.7. The summed E-state index contributed by atoms with van der Waals surface area (Å²) in [6, 6.07) is 20.5. The normalized spacial score (nSPS) is 17.3. The zero-order chi connectivity index (χ0) is 22.0. The topological polar surface area (TPSA) is 89.8 Å². The van der Waals surface area contributed by atoms with Crippen LogP contribution in [-0.4, -0.2) is 24.1 Å². The zero-order valence-corrected chi connectivity index (χ0v) is 16.9. The van der Waals surface area contributed by atoms with E-state index in [0.29, 0.717) is 23.3 Å². The van der Waals surface area contributed by atoms with E-state index in [1.54, 1.807) is 43.5 Å². The summed E-state index contributed by atoms with van der Waals surface area (Å²) in [6.07, 6.45) is 0.447. The minimum absolute atomic E-state index is 0.190. The van der Waals surface area contributed by atoms with Gasteiger partial charge in [0.2, 0.25) is 0 Å². The van der Waals surface area contributed by atoms with Crippen molar-refractivity contribution in [1.82, 2.24) is 0 Å². The van der Waals surface area contributed by atoms with Crippen LogP contribution in [0.4, 0.5) is 11.4 Å². The third kappa shape index (κ3) is 3.24. The van der Waals surface area contributed by atoms with Crippen LogP contribution < -0.4 is 9.64 Å². The highest BCUT2D eigenvalue weighted by atomic mass is 16.6. The molecule has 0 aliphatic carbocycles. The average molecular weight is 416 g/mol. The van der Waals surface area contributed by atoms with Crippen LogP contribution in [-0.2, 0) is 16.9 Å². The standard InChI is InChI=1S/C24H20N2O5/c1-31-18-12-10-17(11-13-18)16-25-21-8-4-2-6-19(21)23(28)24(25,14-15-27)20-7-3-5-9-22(20)26(29)30/h2-13,15H,14,16H2,1H3. The molecule has 31 heavy (non-hydrogen) atoms. The summed E-state index contributed by atoms with van der Waals surface area (Å²) in [5.74, 6) is 0.373. The maximum absolute atomic E-state index is 13.7. The van der Waals surface area contributed by atoms with E-state index in [2.05, 4.69) is 0 Å². The number of methoxy groups -OCH3 is 1. The van der Waals surface area contributed by atoms with E-state index in [1.807, 2.05) is 35.2 Å². The largest absolute Gasteiger partial charge is 0.497 e. The van der Waals surface area contributed by atoms with Crippen LogP contribution in [0.2, 0.25) is 0 Å². The monoisotopic (exact) mass is 416 g/mol. The maximum Gasteiger partial charge on any atom is 0.275 e. The number of carbonyl (C=O) groups excluding carboxylic acids is 2. The Morgan fingerprint density at radius 1 is 1.03 bits per heavy atom. The van der Waals surface area contributed by atoms with Gasteiger partial charge in [-0.05, 0) is 35.9 Å². The molecule has 3 aromatic rings. The fraction of sp³-hybridized carbons (Fsp3) is 0.167. The van der Waals surface area contributed by atoms with Crippen LogP contribution in [0.15, 0.2) is 72.8 Å². The van der Waals surface area contributed by atoms with Gasteiger partial charge in [-0.2, -0.15) is 0 Å². The van der Waals surface area contributed by atoms with Crippen molar-refractivity contribution in [3.8, 4) is 5.75 Å². The Morgan fingerprint density at radius 3 is 2.39 bits per heavy atom. The fourth-order valence-electron chi connectivity index (χ4n) is 4.27. The molecule has 0 saturated heterocycles. The van der Waals surface area contributed by atoms with E-state index in [9.17, 15) is 19.7 Å². The van der Waals surface area contributed by atoms with Crippen molar-refractivity contribution >= 4 is 23.4 Å². The summed E-state index contributed by atoms with van der Waals surface area (Å²) >= 11 is 0. The first kappa shape index (κ1) is 20.3. The molecule has 0 saturated carbocycles. The van der Waals surface area contributed by atoms with E-state index in [-0.39, 0.29) is 30.0 Å². The highest BCUT2D eigenvalue weighted by Gasteiger charge is 2.54. The molecule has 0 aromatic heterocycles. The highest BCUT2D eigenvalue weighted by molar-refractivity contribution is 6.15. The smallest absolute Gasteiger partial charge is 0.275 e. The van der Waals surface area contributed by atoms with Crippen LogP contribution in [0.5, 0.6) is 5.75 Å². The number of ether oxygens (including phenoxy) is 1. The number of anilines is 1. The highest BCUT2D eigenvalue weighted by Crippen LogP contribution is 2.49. The van der Waals surface area contributed by atoms with Crippen LogP contribution >= 0.6 is 0 Å². The van der Waals surface area contributed by atoms with Crippen molar-refractivity contribution < 1.29 is 19.2 Å². The number of nitro benzene ring substituents is 1. The Kier molecular flexibility index (Phi) is 5.25. The number of nitrogens with zero attached hydrogens (tertiary/aromatic N) is 2. The van der Waals surface area contributed by atoms with E-state index in [4.69, 9.17) is 4.74 Å². The van der Waals surface area contributed by atoms with E-state index in [1.165, 1.54) is 6.07 Å². The molecule has 0 radical (unpaired) electrons. The zero-order valence-electron chi connectivity index (χ0n) is 16.9. The van der Waals surface area contributed by atoms with Crippen molar-refractivity contribution in [2.24, 2.45) is 0 Å². The number of Topliss-reactive ketones (excluding diaryl/α,β-unsaturated/α-hetero) is 1. The van der Waals surface area contributed by atoms with Crippen molar-refractivity contribution in [2.75, 3.05) is 12.0 Å². The van der Waals surface area contributed by atoms with E-state index in [0.717, 1.165) is 5.56 Å². The molecule has 1 atom stereocenters. The molecule has 4 rings (SSSR count). The number of benzene rings is 3. The van der Waals surface area contributed by atoms with Crippen molar-refractivity contribution in [3.05, 3.63) is 99.6 Å². The second-order valence-electron chi connectivity index (χ2n) is 7.29. The number of carbonyl (C=O) groups is 2. The number of hydrogen-bond donors (Lipinski definition) is 0. The number of aldehydes is 1. The first-order chi connectivity index (χ1) is 15.0. The molecule has 0 fully saturated rings. The van der Waals surface area contributed by atoms with E-state index >= 15 is 0 Å². The van der Waals surface area contributed by atoms with Crippen LogP contribution in [0.1, 0.15) is 27.9 Å². The molecule has 1 heterocycles. The number of nitro groups is 1. The predicted octanol–water partition coefficient (Wildman–Crippen LogP) is 4.29. The third-order valence-corrected chi connectivity index (χ3v) is 5.70. The molecule has 0 bridgehead atoms. The Hall–Kier alpha value is -4.00. The van der Waals surface area contributed by atoms with Gasteiger partial charge in [-0.1, -0.05) is 36.4 Å². The van der Waals surface area contributed by atoms with Gasteiger partial charge < -0.3 is 14.4 Å². The van der Waals surface area contributed by atoms with Gasteiger partial charge in [-0.3, -0.25) is 14.9 Å². The molecule has 0 N–H and O–H groups in total. The van der Waals surface area contributed by atoms with Gasteiger partial charge >= 0.3 is 0 Å². The summed E-state index contributed by atoms with van der Waals surface area (Å²) in [5, 5.41) is 11.8. The molecule has 0 amide bonds. The summed E-state index contributed by atoms with van der Waals surface area (Å²) in [5.41, 5.74) is 0.472. The summed E-state index contributed by atoms with van der Waals surface area (Å²) < 4.78 is 5.21. The Labute approximate surface area is 179 Å². The van der Waals surface area contributed by atoms with Gasteiger partial charge in [-0.25, -0.2) is 0 Å². The minimum Gasteiger partial charge on any atom is -0.497 e. The van der Waals surface area contributed by atoms with Crippen LogP contribution in [0.25, 0.3) is 0 Å². The Morgan fingerprint density at radius 2 is 1.71 bits per heavy atom. The molecule has 7 nitrogen and oxygen atoms in total. The molecule has 3 aromatic carbocycles. The Balaban J connectivity index is 1.94. The molecule has 1 aliphatic rings. The van der Waals surface area contributed by atoms with Gasteiger partial charge in [0.15, 0.2) is 5.78 Å². The third-order valence-electron chi connectivity index (χ3n) is 5.70. The minimum atomic E-state index is -1.50. The fourth-order valence-corrected chi connectivity index (χ4v) is 4.27. The van der Waals surface area contributed by atoms with Gasteiger partial charge in [-0.15, -0.1) is 0 Å². The Bertz CT molecular complexity index is 1160. The van der Waals surface area contributed by atoms with Gasteiger partial charge in [0.1, 0.15) is 17.6 Å². The molecule has 7 heteroatoms.